The van der Waals surface area contributed by atoms with E-state index in [0.717, 1.165) is 12.1 Å². The first-order valence-corrected chi connectivity index (χ1v) is 13.1. The third kappa shape index (κ3) is 4.94. The largest absolute Gasteiger partial charge is 0.302 e. The summed E-state index contributed by atoms with van der Waals surface area (Å²) >= 11 is 14.6. The van der Waals surface area contributed by atoms with Crippen molar-refractivity contribution in [3.63, 3.8) is 0 Å². The molecule has 12 heteroatoms. The second-order valence-corrected chi connectivity index (χ2v) is 12.0. The second-order valence-electron chi connectivity index (χ2n) is 6.92. The van der Waals surface area contributed by atoms with E-state index in [-0.39, 0.29) is 17.3 Å². The number of rotatable bonds is 5. The van der Waals surface area contributed by atoms with E-state index in [1.807, 2.05) is 0 Å². The lowest BCUT2D eigenvalue weighted by Crippen LogP contribution is -2.43. The van der Waals surface area contributed by atoms with Gasteiger partial charge in [0, 0.05) is 24.0 Å². The molecule has 1 aliphatic rings. The number of thiophene rings is 1. The first-order chi connectivity index (χ1) is 14.7. The topological polar surface area (TPSA) is 79.4 Å². The Morgan fingerprint density at radius 1 is 1.26 bits per heavy atom. The highest BCUT2D eigenvalue weighted by Crippen LogP contribution is 2.39. The fraction of sp³-hybridized carbons (Fsp3) is 0.263. The Morgan fingerprint density at radius 2 is 2.00 bits per heavy atom. The van der Waals surface area contributed by atoms with Gasteiger partial charge in [0.15, 0.2) is 5.13 Å². The number of thiazole rings is 1. The first-order valence-electron chi connectivity index (χ1n) is 9.21. The van der Waals surface area contributed by atoms with Gasteiger partial charge >= 0.3 is 0 Å². The number of piperidine rings is 1. The van der Waals surface area contributed by atoms with Gasteiger partial charge in [-0.1, -0.05) is 23.2 Å². The Balaban J connectivity index is 1.45. The third-order valence-corrected chi connectivity index (χ3v) is 9.00. The van der Waals surface area contributed by atoms with Crippen LogP contribution < -0.4 is 5.32 Å². The third-order valence-electron chi connectivity index (χ3n) is 4.87. The lowest BCUT2D eigenvalue weighted by Gasteiger charge is -2.31. The van der Waals surface area contributed by atoms with Crippen LogP contribution in [0.15, 0.2) is 40.6 Å². The molecule has 0 radical (unpaired) electrons. The molecule has 0 saturated carbocycles. The summed E-state index contributed by atoms with van der Waals surface area (Å²) in [5, 5.41) is 4.94. The maximum absolute atomic E-state index is 13.1. The molecule has 1 saturated heterocycles. The Kier molecular flexibility index (Phi) is 6.66. The molecule has 0 spiro atoms. The number of benzene rings is 1. The van der Waals surface area contributed by atoms with Crippen LogP contribution in [0.4, 0.5) is 9.52 Å². The minimum absolute atomic E-state index is 0.00539. The van der Waals surface area contributed by atoms with Crippen molar-refractivity contribution in [2.24, 2.45) is 5.92 Å². The smallest absolute Gasteiger partial charge is 0.243 e. The number of amides is 1. The quantitative estimate of drug-likeness (QED) is 0.492. The summed E-state index contributed by atoms with van der Waals surface area (Å²) in [6.45, 7) is 0.359. The fourth-order valence-electron chi connectivity index (χ4n) is 3.31. The van der Waals surface area contributed by atoms with Crippen molar-refractivity contribution >= 4 is 66.9 Å². The molecule has 1 N–H and O–H groups in total. The van der Waals surface area contributed by atoms with E-state index in [9.17, 15) is 17.6 Å². The summed E-state index contributed by atoms with van der Waals surface area (Å²) in [6.07, 6.45) is 1.11. The average molecular weight is 520 g/mol. The SMILES string of the molecule is O=C(Nc1nc(-c2cc(Cl)sc2Cl)cs1)C1CCCN(S(=O)(=O)c2ccc(F)cc2)C1. The van der Waals surface area contributed by atoms with Crippen molar-refractivity contribution in [3.8, 4) is 11.3 Å². The second kappa shape index (κ2) is 9.13. The summed E-state index contributed by atoms with van der Waals surface area (Å²) in [5.41, 5.74) is 1.31. The maximum Gasteiger partial charge on any atom is 0.243 e. The number of carbonyl (C=O) groups is 1. The molecule has 4 rings (SSSR count). The van der Waals surface area contributed by atoms with Gasteiger partial charge in [-0.05, 0) is 43.2 Å². The number of hydrogen-bond acceptors (Lipinski definition) is 6. The van der Waals surface area contributed by atoms with Gasteiger partial charge in [-0.3, -0.25) is 4.79 Å². The molecular formula is C19H16Cl2FN3O3S3. The van der Waals surface area contributed by atoms with Gasteiger partial charge in [-0.15, -0.1) is 22.7 Å². The lowest BCUT2D eigenvalue weighted by atomic mass is 9.99. The summed E-state index contributed by atoms with van der Waals surface area (Å²) < 4.78 is 41.2. The Morgan fingerprint density at radius 3 is 2.68 bits per heavy atom. The zero-order valence-electron chi connectivity index (χ0n) is 15.8. The van der Waals surface area contributed by atoms with Crippen LogP contribution in [-0.4, -0.2) is 36.7 Å². The normalized spacial score (nSPS) is 17.6. The molecule has 1 aromatic carbocycles. The zero-order valence-corrected chi connectivity index (χ0v) is 19.8. The van der Waals surface area contributed by atoms with E-state index < -0.39 is 21.8 Å². The predicted molar refractivity (Wildman–Crippen MR) is 122 cm³/mol. The molecule has 2 aromatic heterocycles. The van der Waals surface area contributed by atoms with Crippen LogP contribution >= 0.6 is 45.9 Å². The van der Waals surface area contributed by atoms with Gasteiger partial charge < -0.3 is 5.32 Å². The standard InChI is InChI=1S/C19H16Cl2FN3O3S3/c20-16-8-14(17(21)30-16)15-10-29-19(23-15)24-18(26)11-2-1-7-25(9-11)31(27,28)13-5-3-12(22)4-6-13/h3-6,8,10-11H,1-2,7,9H2,(H,23,24,26). The monoisotopic (exact) mass is 519 g/mol. The molecule has 3 aromatic rings. The minimum atomic E-state index is -3.80. The van der Waals surface area contributed by atoms with Gasteiger partial charge in [0.2, 0.25) is 15.9 Å². The van der Waals surface area contributed by atoms with Crippen LogP contribution in [0.2, 0.25) is 8.67 Å². The highest BCUT2D eigenvalue weighted by Gasteiger charge is 2.33. The van der Waals surface area contributed by atoms with Gasteiger partial charge in [0.05, 0.1) is 20.8 Å². The number of nitrogens with zero attached hydrogens (tertiary/aromatic N) is 2. The molecule has 1 atom stereocenters. The molecule has 0 aliphatic carbocycles. The number of nitrogens with one attached hydrogen (secondary N) is 1. The molecule has 0 bridgehead atoms. The average Bonchev–Trinajstić information content (AvgIpc) is 3.33. The predicted octanol–water partition coefficient (Wildman–Crippen LogP) is 5.36. The Hall–Kier alpha value is -1.56. The molecule has 1 amide bonds. The lowest BCUT2D eigenvalue weighted by molar-refractivity contribution is -0.120. The van der Waals surface area contributed by atoms with Gasteiger partial charge in [0.1, 0.15) is 10.2 Å². The van der Waals surface area contributed by atoms with E-state index in [4.69, 9.17) is 23.2 Å². The zero-order chi connectivity index (χ0) is 22.2. The van der Waals surface area contributed by atoms with Crippen LogP contribution in [0.1, 0.15) is 12.8 Å². The van der Waals surface area contributed by atoms with Crippen molar-refractivity contribution in [1.82, 2.24) is 9.29 Å². The number of hydrogen-bond donors (Lipinski definition) is 1. The maximum atomic E-state index is 13.1. The van der Waals surface area contributed by atoms with Crippen molar-refractivity contribution in [2.45, 2.75) is 17.7 Å². The molecule has 1 unspecified atom stereocenters. The molecule has 1 fully saturated rings. The number of carbonyl (C=O) groups excluding carboxylic acids is 1. The summed E-state index contributed by atoms with van der Waals surface area (Å²) in [6, 6.07) is 6.39. The van der Waals surface area contributed by atoms with Crippen LogP contribution in [0.25, 0.3) is 11.3 Å². The minimum Gasteiger partial charge on any atom is -0.302 e. The number of aromatic nitrogens is 1. The summed E-state index contributed by atoms with van der Waals surface area (Å²) in [5.74, 6) is -1.33. The van der Waals surface area contributed by atoms with Crippen LogP contribution in [-0.2, 0) is 14.8 Å². The van der Waals surface area contributed by atoms with Crippen molar-refractivity contribution in [3.05, 3.63) is 50.2 Å². The van der Waals surface area contributed by atoms with Crippen LogP contribution in [0.3, 0.4) is 0 Å². The number of halogens is 3. The van der Waals surface area contributed by atoms with Crippen LogP contribution in [0, 0.1) is 11.7 Å². The molecule has 1 aliphatic heterocycles. The van der Waals surface area contributed by atoms with E-state index in [0.29, 0.717) is 44.4 Å². The molecule has 164 valence electrons. The summed E-state index contributed by atoms with van der Waals surface area (Å²) in [7, 11) is -3.80. The molecular weight excluding hydrogens is 504 g/mol. The highest BCUT2D eigenvalue weighted by atomic mass is 35.5. The molecule has 3 heterocycles. The molecule has 6 nitrogen and oxygen atoms in total. The van der Waals surface area contributed by atoms with Gasteiger partial charge in [0.25, 0.3) is 0 Å². The number of sulfonamides is 1. The van der Waals surface area contributed by atoms with E-state index >= 15 is 0 Å². The van der Waals surface area contributed by atoms with Crippen molar-refractivity contribution in [2.75, 3.05) is 18.4 Å². The molecule has 31 heavy (non-hydrogen) atoms. The van der Waals surface area contributed by atoms with E-state index in [1.54, 1.807) is 11.4 Å². The van der Waals surface area contributed by atoms with E-state index in [2.05, 4.69) is 10.3 Å². The highest BCUT2D eigenvalue weighted by molar-refractivity contribution is 7.89. The van der Waals surface area contributed by atoms with E-state index in [1.165, 1.54) is 39.1 Å². The van der Waals surface area contributed by atoms with Gasteiger partial charge in [-0.25, -0.2) is 17.8 Å². The van der Waals surface area contributed by atoms with Crippen molar-refractivity contribution < 1.29 is 17.6 Å². The van der Waals surface area contributed by atoms with Gasteiger partial charge in [-0.2, -0.15) is 4.31 Å². The Labute approximate surface area is 196 Å². The first kappa shape index (κ1) is 22.6. The fourth-order valence-corrected chi connectivity index (χ4v) is 7.03. The van der Waals surface area contributed by atoms with Crippen molar-refractivity contribution in [1.29, 1.82) is 0 Å². The van der Waals surface area contributed by atoms with Crippen LogP contribution in [0.5, 0.6) is 0 Å². The number of anilines is 1. The Bertz CT molecular complexity index is 1210. The summed E-state index contributed by atoms with van der Waals surface area (Å²) in [4.78, 5) is 17.2.